The highest BCUT2D eigenvalue weighted by Gasteiger charge is 2.13. The Labute approximate surface area is 140 Å². The van der Waals surface area contributed by atoms with Crippen molar-refractivity contribution in [2.45, 2.75) is 32.7 Å². The Balaban J connectivity index is 2.25. The maximum absolute atomic E-state index is 11.9. The van der Waals surface area contributed by atoms with E-state index >= 15 is 0 Å². The molecular weight excluding hydrogens is 348 g/mol. The molecule has 1 N–H and O–H groups in total. The van der Waals surface area contributed by atoms with E-state index in [0.29, 0.717) is 19.4 Å². The molecule has 1 aromatic rings. The van der Waals surface area contributed by atoms with Crippen molar-refractivity contribution in [3.8, 4) is 5.75 Å². The summed E-state index contributed by atoms with van der Waals surface area (Å²) >= 11 is 3.40. The number of halogens is 1. The molecule has 0 aromatic heterocycles. The second-order valence-corrected chi connectivity index (χ2v) is 6.21. The van der Waals surface area contributed by atoms with Gasteiger partial charge in [-0.2, -0.15) is 0 Å². The van der Waals surface area contributed by atoms with Crippen LogP contribution in [0.4, 0.5) is 0 Å². The van der Waals surface area contributed by atoms with E-state index in [9.17, 15) is 9.59 Å². The molecule has 0 bridgehead atoms. The van der Waals surface area contributed by atoms with Crippen LogP contribution in [-0.4, -0.2) is 43.0 Å². The van der Waals surface area contributed by atoms with Crippen LogP contribution in [0, 0.1) is 0 Å². The van der Waals surface area contributed by atoms with Crippen LogP contribution in [0.1, 0.15) is 26.7 Å². The fraction of sp³-hybridized carbons (Fsp3) is 0.500. The highest BCUT2D eigenvalue weighted by Crippen LogP contribution is 2.23. The number of nitrogens with one attached hydrogen (secondary N) is 1. The van der Waals surface area contributed by atoms with Gasteiger partial charge in [-0.05, 0) is 48.3 Å². The van der Waals surface area contributed by atoms with Crippen molar-refractivity contribution < 1.29 is 14.3 Å². The van der Waals surface area contributed by atoms with E-state index in [-0.39, 0.29) is 24.4 Å². The SMILES string of the molecule is CC(C)NC(=O)CN(C)C(=O)CCCOc1ccccc1Br. The second kappa shape index (κ2) is 9.46. The standard InChI is InChI=1S/C16H23BrN2O3/c1-12(2)18-15(20)11-19(3)16(21)9-6-10-22-14-8-5-4-7-13(14)17/h4-5,7-8,12H,6,9-11H2,1-3H3,(H,18,20). The van der Waals surface area contributed by atoms with Crippen molar-refractivity contribution in [1.29, 1.82) is 0 Å². The molecule has 1 aromatic carbocycles. The average Bonchev–Trinajstić information content (AvgIpc) is 2.44. The summed E-state index contributed by atoms with van der Waals surface area (Å²) in [5, 5.41) is 2.76. The molecule has 0 atom stereocenters. The van der Waals surface area contributed by atoms with Gasteiger partial charge in [0.2, 0.25) is 11.8 Å². The van der Waals surface area contributed by atoms with Gasteiger partial charge in [0.25, 0.3) is 0 Å². The lowest BCUT2D eigenvalue weighted by Crippen LogP contribution is -2.40. The van der Waals surface area contributed by atoms with Gasteiger partial charge in [-0.1, -0.05) is 12.1 Å². The molecule has 0 saturated carbocycles. The third-order valence-electron chi connectivity index (χ3n) is 2.89. The number of carbonyl (C=O) groups is 2. The molecule has 1 rings (SSSR count). The number of nitrogens with zero attached hydrogens (tertiary/aromatic N) is 1. The Kier molecular flexibility index (Phi) is 7.95. The summed E-state index contributed by atoms with van der Waals surface area (Å²) in [6, 6.07) is 7.66. The third-order valence-corrected chi connectivity index (χ3v) is 3.54. The largest absolute Gasteiger partial charge is 0.492 e. The molecule has 0 unspecified atom stereocenters. The van der Waals surface area contributed by atoms with Crippen LogP contribution in [0.15, 0.2) is 28.7 Å². The summed E-state index contributed by atoms with van der Waals surface area (Å²) in [5.74, 6) is 0.560. The van der Waals surface area contributed by atoms with Gasteiger partial charge in [0.05, 0.1) is 17.6 Å². The molecule has 5 nitrogen and oxygen atoms in total. The van der Waals surface area contributed by atoms with E-state index in [4.69, 9.17) is 4.74 Å². The number of hydrogen-bond acceptors (Lipinski definition) is 3. The Bertz CT molecular complexity index is 506. The lowest BCUT2D eigenvalue weighted by Gasteiger charge is -2.18. The van der Waals surface area contributed by atoms with Gasteiger partial charge < -0.3 is 15.0 Å². The number of hydrogen-bond donors (Lipinski definition) is 1. The average molecular weight is 371 g/mol. The molecule has 0 aliphatic heterocycles. The Hall–Kier alpha value is -1.56. The first-order valence-corrected chi connectivity index (χ1v) is 8.10. The van der Waals surface area contributed by atoms with E-state index in [1.54, 1.807) is 7.05 Å². The topological polar surface area (TPSA) is 58.6 Å². The number of ether oxygens (including phenoxy) is 1. The number of carbonyl (C=O) groups excluding carboxylic acids is 2. The Morgan fingerprint density at radius 3 is 2.64 bits per heavy atom. The van der Waals surface area contributed by atoms with Crippen molar-refractivity contribution in [2.24, 2.45) is 0 Å². The number of likely N-dealkylation sites (N-methyl/N-ethyl adjacent to an activating group) is 1. The zero-order chi connectivity index (χ0) is 16.5. The van der Waals surface area contributed by atoms with Gasteiger partial charge in [-0.25, -0.2) is 0 Å². The van der Waals surface area contributed by atoms with Crippen LogP contribution in [-0.2, 0) is 9.59 Å². The summed E-state index contributed by atoms with van der Waals surface area (Å²) < 4.78 is 6.50. The molecule has 0 radical (unpaired) electrons. The third kappa shape index (κ3) is 6.93. The van der Waals surface area contributed by atoms with Crippen molar-refractivity contribution in [3.05, 3.63) is 28.7 Å². The summed E-state index contributed by atoms with van der Waals surface area (Å²) in [5.41, 5.74) is 0. The molecule has 22 heavy (non-hydrogen) atoms. The summed E-state index contributed by atoms with van der Waals surface area (Å²) in [7, 11) is 1.64. The van der Waals surface area contributed by atoms with Crippen LogP contribution in [0.3, 0.4) is 0 Å². The van der Waals surface area contributed by atoms with E-state index in [0.717, 1.165) is 10.2 Å². The van der Waals surface area contributed by atoms with Crippen molar-refractivity contribution >= 4 is 27.7 Å². The first kappa shape index (κ1) is 18.5. The van der Waals surface area contributed by atoms with Gasteiger partial charge in [0, 0.05) is 19.5 Å². The molecule has 2 amide bonds. The molecule has 0 heterocycles. The summed E-state index contributed by atoms with van der Waals surface area (Å²) in [6.07, 6.45) is 0.965. The normalized spacial score (nSPS) is 10.4. The number of benzene rings is 1. The first-order chi connectivity index (χ1) is 10.4. The van der Waals surface area contributed by atoms with E-state index < -0.39 is 0 Å². The molecule has 0 spiro atoms. The molecule has 0 fully saturated rings. The van der Waals surface area contributed by atoms with Crippen LogP contribution in [0.2, 0.25) is 0 Å². The van der Waals surface area contributed by atoms with Gasteiger partial charge in [0.1, 0.15) is 5.75 Å². The maximum Gasteiger partial charge on any atom is 0.239 e. The maximum atomic E-state index is 11.9. The van der Waals surface area contributed by atoms with Gasteiger partial charge in [0.15, 0.2) is 0 Å². The van der Waals surface area contributed by atoms with Gasteiger partial charge in [-0.3, -0.25) is 9.59 Å². The van der Waals surface area contributed by atoms with Crippen molar-refractivity contribution in [1.82, 2.24) is 10.2 Å². The number of amides is 2. The van der Waals surface area contributed by atoms with E-state index in [1.165, 1.54) is 4.90 Å². The van der Waals surface area contributed by atoms with E-state index in [2.05, 4.69) is 21.2 Å². The minimum Gasteiger partial charge on any atom is -0.492 e. The molecule has 6 heteroatoms. The fourth-order valence-corrected chi connectivity index (χ4v) is 2.23. The number of rotatable bonds is 8. The monoisotopic (exact) mass is 370 g/mol. The first-order valence-electron chi connectivity index (χ1n) is 7.30. The summed E-state index contributed by atoms with van der Waals surface area (Å²) in [4.78, 5) is 25.0. The second-order valence-electron chi connectivity index (χ2n) is 5.35. The number of para-hydroxylation sites is 1. The lowest BCUT2D eigenvalue weighted by atomic mass is 10.3. The quantitative estimate of drug-likeness (QED) is 0.715. The van der Waals surface area contributed by atoms with Crippen molar-refractivity contribution in [2.75, 3.05) is 20.2 Å². The minimum absolute atomic E-state index is 0.0605. The molecular formula is C16H23BrN2O3. The van der Waals surface area contributed by atoms with Gasteiger partial charge >= 0.3 is 0 Å². The van der Waals surface area contributed by atoms with Crippen LogP contribution in [0.5, 0.6) is 5.75 Å². The molecule has 0 aliphatic rings. The molecule has 0 saturated heterocycles. The minimum atomic E-state index is -0.143. The Morgan fingerprint density at radius 2 is 2.00 bits per heavy atom. The van der Waals surface area contributed by atoms with Crippen LogP contribution in [0.25, 0.3) is 0 Å². The van der Waals surface area contributed by atoms with E-state index in [1.807, 2.05) is 38.1 Å². The lowest BCUT2D eigenvalue weighted by molar-refractivity contribution is -0.135. The Morgan fingerprint density at radius 1 is 1.32 bits per heavy atom. The molecule has 0 aliphatic carbocycles. The predicted molar refractivity (Wildman–Crippen MR) is 89.8 cm³/mol. The smallest absolute Gasteiger partial charge is 0.239 e. The van der Waals surface area contributed by atoms with Crippen molar-refractivity contribution in [3.63, 3.8) is 0 Å². The van der Waals surface area contributed by atoms with Crippen LogP contribution < -0.4 is 10.1 Å². The van der Waals surface area contributed by atoms with Crippen LogP contribution >= 0.6 is 15.9 Å². The zero-order valence-corrected chi connectivity index (χ0v) is 14.9. The fourth-order valence-electron chi connectivity index (χ4n) is 1.83. The molecule has 122 valence electrons. The highest BCUT2D eigenvalue weighted by molar-refractivity contribution is 9.10. The zero-order valence-electron chi connectivity index (χ0n) is 13.3. The predicted octanol–water partition coefficient (Wildman–Crippen LogP) is 2.59. The highest BCUT2D eigenvalue weighted by atomic mass is 79.9. The van der Waals surface area contributed by atoms with Gasteiger partial charge in [-0.15, -0.1) is 0 Å². The summed E-state index contributed by atoms with van der Waals surface area (Å²) in [6.45, 7) is 4.32.